The molecule has 1 aliphatic carbocycles. The zero-order valence-electron chi connectivity index (χ0n) is 18.1. The van der Waals surface area contributed by atoms with Crippen LogP contribution in [0.4, 0.5) is 10.1 Å². The van der Waals surface area contributed by atoms with E-state index in [9.17, 15) is 9.50 Å². The molecule has 6 rings (SSSR count). The largest absolute Gasteiger partial charge is 0.504 e. The fourth-order valence-electron chi connectivity index (χ4n) is 4.76. The lowest BCUT2D eigenvalue weighted by Gasteiger charge is -2.20. The first-order chi connectivity index (χ1) is 15.5. The molecule has 3 heterocycles. The number of phenols is 1. The summed E-state index contributed by atoms with van der Waals surface area (Å²) in [5.41, 5.74) is 3.43. The first-order valence-corrected chi connectivity index (χ1v) is 11.1. The summed E-state index contributed by atoms with van der Waals surface area (Å²) in [5.74, 6) is -0.458. The van der Waals surface area contributed by atoms with Gasteiger partial charge in [0, 0.05) is 54.8 Å². The van der Waals surface area contributed by atoms with Crippen LogP contribution in [-0.2, 0) is 7.05 Å². The number of aromatic hydroxyl groups is 1. The van der Waals surface area contributed by atoms with Crippen molar-refractivity contribution in [1.82, 2.24) is 25.1 Å². The molecule has 0 bridgehead atoms. The van der Waals surface area contributed by atoms with Gasteiger partial charge in [-0.1, -0.05) is 0 Å². The predicted octanol–water partition coefficient (Wildman–Crippen LogP) is 3.70. The van der Waals surface area contributed by atoms with Gasteiger partial charge in [-0.25, -0.2) is 14.4 Å². The predicted molar refractivity (Wildman–Crippen MR) is 123 cm³/mol. The quantitative estimate of drug-likeness (QED) is 0.512. The Morgan fingerprint density at radius 3 is 2.75 bits per heavy atom. The number of benzene rings is 2. The highest BCUT2D eigenvalue weighted by Crippen LogP contribution is 2.44. The van der Waals surface area contributed by atoms with E-state index in [1.165, 1.54) is 10.4 Å². The SMILES string of the molecule is CNC1CCN(c2ccc3nc(-c4cc5cn(C)nc5c(F)c4O)nc(C4CC4)c3c2)C1. The van der Waals surface area contributed by atoms with E-state index in [4.69, 9.17) is 9.97 Å². The topological polar surface area (TPSA) is 79.1 Å². The van der Waals surface area contributed by atoms with E-state index in [-0.39, 0.29) is 5.52 Å². The molecule has 0 amide bonds. The second-order valence-electron chi connectivity index (χ2n) is 8.96. The third-order valence-corrected chi connectivity index (χ3v) is 6.70. The maximum atomic E-state index is 14.8. The zero-order chi connectivity index (χ0) is 22.0. The average molecular weight is 433 g/mol. The molecule has 2 fully saturated rings. The molecular formula is C24H25FN6O. The molecule has 1 aliphatic heterocycles. The van der Waals surface area contributed by atoms with Crippen molar-refractivity contribution in [3.63, 3.8) is 0 Å². The number of hydrogen-bond donors (Lipinski definition) is 2. The van der Waals surface area contributed by atoms with Crippen LogP contribution in [0.3, 0.4) is 0 Å². The highest BCUT2D eigenvalue weighted by atomic mass is 19.1. The molecule has 2 aromatic carbocycles. The standard InChI is InChI=1S/C24H25FN6O/c1-26-15-7-8-31(12-15)16-5-6-19-17(10-16)21(13-3-4-13)28-24(27-19)18-9-14-11-30(2)29-22(14)20(25)23(18)32/h5-6,9-11,13,15,26,32H,3-4,7-8,12H2,1-2H3. The minimum absolute atomic E-state index is 0.145. The van der Waals surface area contributed by atoms with Crippen LogP contribution in [0.2, 0.25) is 0 Å². The third kappa shape index (κ3) is 3.09. The number of anilines is 1. The number of rotatable bonds is 4. The van der Waals surface area contributed by atoms with Gasteiger partial charge in [0.2, 0.25) is 0 Å². The van der Waals surface area contributed by atoms with Gasteiger partial charge in [-0.15, -0.1) is 0 Å². The smallest absolute Gasteiger partial charge is 0.193 e. The zero-order valence-corrected chi connectivity index (χ0v) is 18.1. The minimum Gasteiger partial charge on any atom is -0.504 e. The number of hydrogen-bond acceptors (Lipinski definition) is 6. The van der Waals surface area contributed by atoms with Gasteiger partial charge < -0.3 is 15.3 Å². The first-order valence-electron chi connectivity index (χ1n) is 11.1. The summed E-state index contributed by atoms with van der Waals surface area (Å²) in [6.45, 7) is 2.00. The lowest BCUT2D eigenvalue weighted by Crippen LogP contribution is -2.29. The van der Waals surface area contributed by atoms with Crippen LogP contribution in [0.25, 0.3) is 33.2 Å². The van der Waals surface area contributed by atoms with Crippen molar-refractivity contribution in [2.45, 2.75) is 31.2 Å². The molecule has 32 heavy (non-hydrogen) atoms. The van der Waals surface area contributed by atoms with Crippen molar-refractivity contribution in [3.8, 4) is 17.1 Å². The first kappa shape index (κ1) is 19.4. The summed E-state index contributed by atoms with van der Waals surface area (Å²) >= 11 is 0. The molecule has 0 radical (unpaired) electrons. The van der Waals surface area contributed by atoms with Crippen molar-refractivity contribution in [2.75, 3.05) is 25.0 Å². The number of nitrogens with zero attached hydrogens (tertiary/aromatic N) is 5. The van der Waals surface area contributed by atoms with Crippen molar-refractivity contribution >= 4 is 27.5 Å². The van der Waals surface area contributed by atoms with E-state index in [1.54, 1.807) is 19.3 Å². The number of aromatic nitrogens is 4. The van der Waals surface area contributed by atoms with E-state index >= 15 is 0 Å². The summed E-state index contributed by atoms with van der Waals surface area (Å²) in [7, 11) is 3.74. The Labute approximate surface area is 184 Å². The van der Waals surface area contributed by atoms with Crippen LogP contribution >= 0.6 is 0 Å². The van der Waals surface area contributed by atoms with Crippen LogP contribution in [0.5, 0.6) is 5.75 Å². The molecule has 4 aromatic rings. The molecule has 8 heteroatoms. The molecular weight excluding hydrogens is 407 g/mol. The van der Waals surface area contributed by atoms with Gasteiger partial charge in [-0.2, -0.15) is 5.10 Å². The van der Waals surface area contributed by atoms with Crippen molar-refractivity contribution in [1.29, 1.82) is 0 Å². The van der Waals surface area contributed by atoms with Crippen LogP contribution in [0.15, 0.2) is 30.5 Å². The number of halogens is 1. The summed E-state index contributed by atoms with van der Waals surface area (Å²) < 4.78 is 16.4. The maximum absolute atomic E-state index is 14.8. The van der Waals surface area contributed by atoms with Crippen molar-refractivity contribution in [3.05, 3.63) is 42.0 Å². The molecule has 0 spiro atoms. The Bertz CT molecular complexity index is 1360. The summed E-state index contributed by atoms with van der Waals surface area (Å²) in [6, 6.07) is 8.53. The Kier molecular flexibility index (Phi) is 4.33. The van der Waals surface area contributed by atoms with E-state index in [1.807, 2.05) is 13.1 Å². The van der Waals surface area contributed by atoms with Crippen LogP contribution in [0, 0.1) is 5.82 Å². The number of fused-ring (bicyclic) bond motifs is 2. The molecule has 2 N–H and O–H groups in total. The average Bonchev–Trinajstić information content (AvgIpc) is 3.40. The summed E-state index contributed by atoms with van der Waals surface area (Å²) in [6.07, 6.45) is 5.03. The van der Waals surface area contributed by atoms with Crippen molar-refractivity contribution in [2.24, 2.45) is 7.05 Å². The van der Waals surface area contributed by atoms with Gasteiger partial charge in [0.05, 0.1) is 16.8 Å². The number of phenolic OH excluding ortho intramolecular Hbond substituents is 1. The van der Waals surface area contributed by atoms with E-state index < -0.39 is 11.6 Å². The highest BCUT2D eigenvalue weighted by molar-refractivity contribution is 5.90. The van der Waals surface area contributed by atoms with Gasteiger partial charge in [-0.05, 0) is 50.6 Å². The normalized spacial score (nSPS) is 18.8. The Hall–Kier alpha value is -3.26. The Balaban J connectivity index is 1.49. The summed E-state index contributed by atoms with van der Waals surface area (Å²) in [4.78, 5) is 12.0. The third-order valence-electron chi connectivity index (χ3n) is 6.70. The number of aryl methyl sites for hydroxylation is 1. The maximum Gasteiger partial charge on any atom is 0.193 e. The van der Waals surface area contributed by atoms with Crippen molar-refractivity contribution < 1.29 is 9.50 Å². The number of nitrogens with one attached hydrogen (secondary N) is 1. The van der Waals surface area contributed by atoms with E-state index in [2.05, 4.69) is 27.4 Å². The number of likely N-dealkylation sites (N-methyl/N-ethyl adjacent to an activating group) is 1. The lowest BCUT2D eigenvalue weighted by molar-refractivity contribution is 0.437. The Morgan fingerprint density at radius 1 is 1.16 bits per heavy atom. The lowest BCUT2D eigenvalue weighted by atomic mass is 10.1. The highest BCUT2D eigenvalue weighted by Gasteiger charge is 2.30. The van der Waals surface area contributed by atoms with Crippen LogP contribution < -0.4 is 10.2 Å². The van der Waals surface area contributed by atoms with Crippen LogP contribution in [-0.4, -0.2) is 51.0 Å². The van der Waals surface area contributed by atoms with Crippen LogP contribution in [0.1, 0.15) is 30.9 Å². The molecule has 1 unspecified atom stereocenters. The summed E-state index contributed by atoms with van der Waals surface area (Å²) in [5, 5.41) is 19.7. The van der Waals surface area contributed by atoms with Gasteiger partial charge in [-0.3, -0.25) is 4.68 Å². The van der Waals surface area contributed by atoms with E-state index in [0.29, 0.717) is 28.7 Å². The van der Waals surface area contributed by atoms with Gasteiger partial charge in [0.15, 0.2) is 17.4 Å². The molecule has 2 aromatic heterocycles. The van der Waals surface area contributed by atoms with Gasteiger partial charge >= 0.3 is 0 Å². The second kappa shape index (κ2) is 7.13. The van der Waals surface area contributed by atoms with Gasteiger partial charge in [0.1, 0.15) is 5.52 Å². The molecule has 2 aliphatic rings. The fourth-order valence-corrected chi connectivity index (χ4v) is 4.76. The second-order valence-corrected chi connectivity index (χ2v) is 8.96. The fraction of sp³-hybridized carbons (Fsp3) is 0.375. The van der Waals surface area contributed by atoms with E-state index in [0.717, 1.165) is 48.9 Å². The molecule has 7 nitrogen and oxygen atoms in total. The molecule has 1 saturated heterocycles. The molecule has 1 atom stereocenters. The van der Waals surface area contributed by atoms with Gasteiger partial charge in [0.25, 0.3) is 0 Å². The molecule has 164 valence electrons. The monoisotopic (exact) mass is 432 g/mol. The minimum atomic E-state index is -0.738. The molecule has 1 saturated carbocycles. The Morgan fingerprint density at radius 2 is 2.00 bits per heavy atom.